The van der Waals surface area contributed by atoms with Crippen molar-refractivity contribution in [2.75, 3.05) is 39.5 Å². The fourth-order valence-electron chi connectivity index (χ4n) is 4.27. The highest BCUT2D eigenvalue weighted by Crippen LogP contribution is 2.47. The molecule has 1 aliphatic heterocycles. The fourth-order valence-corrected chi connectivity index (χ4v) is 4.27. The summed E-state index contributed by atoms with van der Waals surface area (Å²) in [4.78, 5) is 13.8. The van der Waals surface area contributed by atoms with Gasteiger partial charge in [0, 0.05) is 39.5 Å². The molecule has 30 heavy (non-hydrogen) atoms. The first kappa shape index (κ1) is 23.8. The third-order valence-corrected chi connectivity index (χ3v) is 6.42. The van der Waals surface area contributed by atoms with Crippen LogP contribution in [-0.4, -0.2) is 68.3 Å². The van der Waals surface area contributed by atoms with Crippen LogP contribution in [0, 0.1) is 17.8 Å². The Labute approximate surface area is 182 Å². The maximum absolute atomic E-state index is 12.0. The number of unbranched alkanes of at least 4 members (excludes halogenated alkanes) is 2. The maximum Gasteiger partial charge on any atom is 0.410 e. The fraction of sp³-hybridized carbons (Fsp3) is 0.958. The van der Waals surface area contributed by atoms with E-state index in [9.17, 15) is 4.79 Å². The molecule has 2 saturated carbocycles. The first-order valence-electron chi connectivity index (χ1n) is 12.1. The summed E-state index contributed by atoms with van der Waals surface area (Å²) in [5.74, 6) is 2.06. The molecule has 1 saturated heterocycles. The predicted molar refractivity (Wildman–Crippen MR) is 117 cm³/mol. The van der Waals surface area contributed by atoms with Crippen LogP contribution in [0.2, 0.25) is 0 Å². The van der Waals surface area contributed by atoms with E-state index in [0.29, 0.717) is 24.0 Å². The van der Waals surface area contributed by atoms with Crippen LogP contribution in [0.5, 0.6) is 0 Å². The van der Waals surface area contributed by atoms with Gasteiger partial charge in [-0.05, 0) is 77.0 Å². The minimum absolute atomic E-state index is 0.171. The molecule has 2 atom stereocenters. The van der Waals surface area contributed by atoms with Gasteiger partial charge in [-0.15, -0.1) is 0 Å². The second-order valence-corrected chi connectivity index (χ2v) is 10.4. The second kappa shape index (κ2) is 11.1. The van der Waals surface area contributed by atoms with E-state index in [1.165, 1.54) is 12.8 Å². The van der Waals surface area contributed by atoms with Crippen molar-refractivity contribution in [1.82, 2.24) is 4.90 Å². The molecule has 3 rings (SSSR count). The molecule has 6 nitrogen and oxygen atoms in total. The molecule has 0 N–H and O–H groups in total. The van der Waals surface area contributed by atoms with E-state index in [2.05, 4.69) is 6.92 Å². The molecule has 0 spiro atoms. The highest BCUT2D eigenvalue weighted by Gasteiger charge is 2.48. The van der Waals surface area contributed by atoms with E-state index < -0.39 is 5.60 Å². The number of carbonyl (C=O) groups excluding carboxylic acids is 1. The molecule has 2 aliphatic carbocycles. The second-order valence-electron chi connectivity index (χ2n) is 10.4. The van der Waals surface area contributed by atoms with Crippen LogP contribution < -0.4 is 0 Å². The van der Waals surface area contributed by atoms with Gasteiger partial charge in [0.25, 0.3) is 0 Å². The van der Waals surface area contributed by atoms with Crippen molar-refractivity contribution in [3.63, 3.8) is 0 Å². The number of hydrogen-bond acceptors (Lipinski definition) is 5. The molecule has 0 bridgehead atoms. The van der Waals surface area contributed by atoms with E-state index in [4.69, 9.17) is 18.9 Å². The van der Waals surface area contributed by atoms with Gasteiger partial charge in [-0.25, -0.2) is 4.79 Å². The Morgan fingerprint density at radius 3 is 2.20 bits per heavy atom. The van der Waals surface area contributed by atoms with Crippen molar-refractivity contribution in [3.8, 4) is 0 Å². The van der Waals surface area contributed by atoms with Gasteiger partial charge in [0.05, 0.1) is 12.2 Å². The SMILES string of the molecule is CCCCOC1CC(OCCCCOC[C@@H]2C[C@H]2C2CN(C(=O)OC(C)(C)C)C2)C1. The van der Waals surface area contributed by atoms with Gasteiger partial charge < -0.3 is 23.8 Å². The zero-order valence-electron chi connectivity index (χ0n) is 19.6. The molecule has 0 radical (unpaired) electrons. The van der Waals surface area contributed by atoms with Gasteiger partial charge in [-0.1, -0.05) is 13.3 Å². The molecule has 0 aromatic carbocycles. The molecule has 6 heteroatoms. The molecule has 1 amide bonds. The average Bonchev–Trinajstić information content (AvgIpc) is 3.33. The monoisotopic (exact) mass is 425 g/mol. The Morgan fingerprint density at radius 1 is 0.933 bits per heavy atom. The van der Waals surface area contributed by atoms with Crippen molar-refractivity contribution in [1.29, 1.82) is 0 Å². The zero-order valence-corrected chi connectivity index (χ0v) is 19.6. The van der Waals surface area contributed by atoms with Crippen LogP contribution in [0.1, 0.15) is 72.6 Å². The van der Waals surface area contributed by atoms with Crippen molar-refractivity contribution in [2.24, 2.45) is 17.8 Å². The predicted octanol–water partition coefficient (Wildman–Crippen LogP) is 4.65. The lowest BCUT2D eigenvalue weighted by atomic mass is 9.92. The minimum atomic E-state index is -0.411. The summed E-state index contributed by atoms with van der Waals surface area (Å²) in [6.07, 6.45) is 8.55. The summed E-state index contributed by atoms with van der Waals surface area (Å²) in [6.45, 7) is 13.1. The summed E-state index contributed by atoms with van der Waals surface area (Å²) < 4.78 is 23.0. The van der Waals surface area contributed by atoms with E-state index in [1.54, 1.807) is 0 Å². The van der Waals surface area contributed by atoms with Gasteiger partial charge in [-0.2, -0.15) is 0 Å². The highest BCUT2D eigenvalue weighted by molar-refractivity contribution is 5.69. The van der Waals surface area contributed by atoms with Crippen molar-refractivity contribution >= 4 is 6.09 Å². The first-order valence-corrected chi connectivity index (χ1v) is 12.1. The van der Waals surface area contributed by atoms with Gasteiger partial charge in [0.1, 0.15) is 5.60 Å². The number of amides is 1. The van der Waals surface area contributed by atoms with E-state index in [-0.39, 0.29) is 6.09 Å². The standard InChI is InChI=1S/C24H43NO5/c1-5-6-10-28-20-13-21(14-20)29-11-8-7-9-27-17-18-12-22(18)19-15-25(16-19)23(26)30-24(2,3)4/h18-22H,5-17H2,1-4H3/t18-,20?,21?,22+/m0/s1. The quantitative estimate of drug-likeness (QED) is 0.402. The van der Waals surface area contributed by atoms with E-state index in [1.807, 2.05) is 25.7 Å². The zero-order chi connectivity index (χ0) is 21.6. The lowest BCUT2D eigenvalue weighted by Crippen LogP contribution is -2.52. The molecule has 1 heterocycles. The first-order chi connectivity index (χ1) is 14.4. The number of nitrogens with zero attached hydrogens (tertiary/aromatic N) is 1. The largest absolute Gasteiger partial charge is 0.444 e. The molecular weight excluding hydrogens is 382 g/mol. The number of likely N-dealkylation sites (tertiary alicyclic amines) is 1. The Kier molecular flexibility index (Phi) is 8.84. The lowest BCUT2D eigenvalue weighted by molar-refractivity contribution is -0.102. The third kappa shape index (κ3) is 7.69. The lowest BCUT2D eigenvalue weighted by Gasteiger charge is -2.40. The van der Waals surface area contributed by atoms with Gasteiger partial charge in [0.2, 0.25) is 0 Å². The number of rotatable bonds is 13. The summed E-state index contributed by atoms with van der Waals surface area (Å²) in [7, 11) is 0. The summed E-state index contributed by atoms with van der Waals surface area (Å²) in [5, 5.41) is 0. The molecular formula is C24H43NO5. The number of carbonyl (C=O) groups is 1. The van der Waals surface area contributed by atoms with Crippen LogP contribution in [0.3, 0.4) is 0 Å². The van der Waals surface area contributed by atoms with Gasteiger partial charge >= 0.3 is 6.09 Å². The Bertz CT molecular complexity index is 522. The van der Waals surface area contributed by atoms with Crippen molar-refractivity contribution in [2.45, 2.75) is 90.4 Å². The smallest absolute Gasteiger partial charge is 0.410 e. The maximum atomic E-state index is 12.0. The van der Waals surface area contributed by atoms with E-state index in [0.717, 1.165) is 77.5 Å². The van der Waals surface area contributed by atoms with Gasteiger partial charge in [0.15, 0.2) is 0 Å². The minimum Gasteiger partial charge on any atom is -0.444 e. The number of ether oxygens (including phenoxy) is 4. The third-order valence-electron chi connectivity index (χ3n) is 6.42. The summed E-state index contributed by atoms with van der Waals surface area (Å²) in [5.41, 5.74) is -0.411. The molecule has 3 aliphatic rings. The molecule has 0 aromatic rings. The van der Waals surface area contributed by atoms with Crippen molar-refractivity contribution < 1.29 is 23.7 Å². The normalized spacial score (nSPS) is 28.7. The van der Waals surface area contributed by atoms with Crippen LogP contribution in [0.15, 0.2) is 0 Å². The topological polar surface area (TPSA) is 57.2 Å². The summed E-state index contributed by atoms with van der Waals surface area (Å²) >= 11 is 0. The average molecular weight is 426 g/mol. The number of hydrogen-bond donors (Lipinski definition) is 0. The van der Waals surface area contributed by atoms with Crippen LogP contribution in [-0.2, 0) is 18.9 Å². The molecule has 3 fully saturated rings. The van der Waals surface area contributed by atoms with E-state index >= 15 is 0 Å². The van der Waals surface area contributed by atoms with Crippen LogP contribution in [0.25, 0.3) is 0 Å². The Balaban J connectivity index is 1.10. The molecule has 0 unspecified atom stereocenters. The van der Waals surface area contributed by atoms with Crippen LogP contribution in [0.4, 0.5) is 4.79 Å². The van der Waals surface area contributed by atoms with Gasteiger partial charge in [-0.3, -0.25) is 0 Å². The highest BCUT2D eigenvalue weighted by atomic mass is 16.6. The van der Waals surface area contributed by atoms with Crippen LogP contribution >= 0.6 is 0 Å². The summed E-state index contributed by atoms with van der Waals surface area (Å²) in [6, 6.07) is 0. The van der Waals surface area contributed by atoms with Crippen molar-refractivity contribution in [3.05, 3.63) is 0 Å². The Hall–Kier alpha value is -0.850. The molecule has 174 valence electrons. The Morgan fingerprint density at radius 2 is 1.57 bits per heavy atom. The molecule has 0 aromatic heterocycles.